The number of carbonyl (C=O) groups is 1. The minimum absolute atomic E-state index is 0.0797. The third-order valence-corrected chi connectivity index (χ3v) is 2.46. The quantitative estimate of drug-likeness (QED) is 0.805. The van der Waals surface area contributed by atoms with Crippen molar-refractivity contribution in [2.24, 2.45) is 0 Å². The lowest BCUT2D eigenvalue weighted by Crippen LogP contribution is -2.31. The molecule has 1 aromatic heterocycles. The van der Waals surface area contributed by atoms with Crippen molar-refractivity contribution in [3.63, 3.8) is 0 Å². The van der Waals surface area contributed by atoms with Crippen LogP contribution in [0.5, 0.6) is 5.88 Å². The molecule has 104 valence electrons. The number of ether oxygens (including phenoxy) is 1. The molecule has 0 radical (unpaired) electrons. The average Bonchev–Trinajstić information content (AvgIpc) is 2.48. The molecule has 7 heteroatoms. The van der Waals surface area contributed by atoms with Gasteiger partial charge in [-0.1, -0.05) is 18.2 Å². The van der Waals surface area contributed by atoms with E-state index in [2.05, 4.69) is 20.8 Å². The number of carbonyl (C=O) groups excluding carboxylic acids is 1. The zero-order chi connectivity index (χ0) is 14.4. The molecule has 0 saturated heterocycles. The van der Waals surface area contributed by atoms with E-state index >= 15 is 0 Å². The van der Waals surface area contributed by atoms with Gasteiger partial charge in [-0.05, 0) is 11.6 Å². The van der Waals surface area contributed by atoms with Gasteiger partial charge >= 0.3 is 0 Å². The maximum atomic E-state index is 13.4. The monoisotopic (exact) mass is 276 g/mol. The Labute approximate surface area is 115 Å². The summed E-state index contributed by atoms with van der Waals surface area (Å²) in [5.74, 6) is -0.265. The highest BCUT2D eigenvalue weighted by Crippen LogP contribution is 2.08. The molecule has 0 atom stereocenters. The number of methoxy groups -OCH3 is 1. The first-order valence-corrected chi connectivity index (χ1v) is 5.84. The molecule has 1 aromatic carbocycles. The maximum Gasteiger partial charge on any atom is 0.245 e. The minimum Gasteiger partial charge on any atom is -0.481 e. The topological polar surface area (TPSA) is 76.1 Å². The van der Waals surface area contributed by atoms with Crippen molar-refractivity contribution in [3.8, 4) is 5.88 Å². The van der Waals surface area contributed by atoms with E-state index in [0.717, 1.165) is 0 Å². The molecule has 2 N–H and O–H groups in total. The van der Waals surface area contributed by atoms with Crippen LogP contribution in [0.1, 0.15) is 5.56 Å². The van der Waals surface area contributed by atoms with Crippen LogP contribution in [0.15, 0.2) is 36.5 Å². The summed E-state index contributed by atoms with van der Waals surface area (Å²) in [5, 5.41) is 0. The molecule has 2 aromatic rings. The molecule has 20 heavy (non-hydrogen) atoms. The zero-order valence-corrected chi connectivity index (χ0v) is 10.8. The number of hydrazine groups is 1. The molecule has 0 saturated carbocycles. The lowest BCUT2D eigenvalue weighted by molar-refractivity contribution is -0.120. The third kappa shape index (κ3) is 3.64. The van der Waals surface area contributed by atoms with Crippen LogP contribution in [0.4, 0.5) is 10.3 Å². The van der Waals surface area contributed by atoms with Gasteiger partial charge in [-0.25, -0.2) is 9.37 Å². The summed E-state index contributed by atoms with van der Waals surface area (Å²) in [5.41, 5.74) is 5.24. The number of aromatic nitrogens is 2. The summed E-state index contributed by atoms with van der Waals surface area (Å²) in [6.45, 7) is 0. The van der Waals surface area contributed by atoms with Crippen molar-refractivity contribution < 1.29 is 13.9 Å². The van der Waals surface area contributed by atoms with E-state index in [0.29, 0.717) is 11.4 Å². The molecule has 0 unspecified atom stereocenters. The molecular formula is C13H13FN4O2. The van der Waals surface area contributed by atoms with E-state index in [1.807, 2.05) is 0 Å². The van der Waals surface area contributed by atoms with Crippen LogP contribution in [0.3, 0.4) is 0 Å². The van der Waals surface area contributed by atoms with Crippen molar-refractivity contribution in [1.82, 2.24) is 15.4 Å². The van der Waals surface area contributed by atoms with Crippen LogP contribution in [0.2, 0.25) is 0 Å². The molecule has 1 amide bonds. The van der Waals surface area contributed by atoms with E-state index in [1.165, 1.54) is 19.4 Å². The van der Waals surface area contributed by atoms with Crippen molar-refractivity contribution >= 4 is 11.9 Å². The Morgan fingerprint density at radius 3 is 2.90 bits per heavy atom. The highest BCUT2D eigenvalue weighted by molar-refractivity contribution is 5.79. The average molecular weight is 276 g/mol. The van der Waals surface area contributed by atoms with Crippen LogP contribution < -0.4 is 15.6 Å². The number of benzene rings is 1. The van der Waals surface area contributed by atoms with Crippen LogP contribution in [-0.2, 0) is 11.2 Å². The number of rotatable bonds is 5. The number of amides is 1. The van der Waals surface area contributed by atoms with Crippen LogP contribution in [-0.4, -0.2) is 23.0 Å². The van der Waals surface area contributed by atoms with Crippen molar-refractivity contribution in [2.45, 2.75) is 6.42 Å². The predicted molar refractivity (Wildman–Crippen MR) is 70.5 cm³/mol. The smallest absolute Gasteiger partial charge is 0.245 e. The number of hydrogen-bond donors (Lipinski definition) is 2. The number of anilines is 1. The SMILES string of the molecule is COc1ccnc(NNC(=O)Cc2ccccc2F)n1. The largest absolute Gasteiger partial charge is 0.481 e. The summed E-state index contributed by atoms with van der Waals surface area (Å²) in [6.07, 6.45) is 1.40. The van der Waals surface area contributed by atoms with Gasteiger partial charge in [-0.2, -0.15) is 4.98 Å². The summed E-state index contributed by atoms with van der Waals surface area (Å²) in [4.78, 5) is 19.5. The second kappa shape index (κ2) is 6.46. The fourth-order valence-corrected chi connectivity index (χ4v) is 1.50. The Morgan fingerprint density at radius 1 is 1.35 bits per heavy atom. The Bertz CT molecular complexity index is 606. The van der Waals surface area contributed by atoms with Gasteiger partial charge in [0.1, 0.15) is 5.82 Å². The second-order valence-corrected chi connectivity index (χ2v) is 3.86. The first-order chi connectivity index (χ1) is 9.69. The molecule has 0 fully saturated rings. The molecule has 0 aliphatic heterocycles. The third-order valence-electron chi connectivity index (χ3n) is 2.46. The molecule has 6 nitrogen and oxygen atoms in total. The van der Waals surface area contributed by atoms with E-state index in [4.69, 9.17) is 4.74 Å². The van der Waals surface area contributed by atoms with E-state index < -0.39 is 11.7 Å². The number of nitrogens with zero attached hydrogens (tertiary/aromatic N) is 2. The van der Waals surface area contributed by atoms with Crippen molar-refractivity contribution in [3.05, 3.63) is 47.9 Å². The van der Waals surface area contributed by atoms with E-state index in [1.54, 1.807) is 24.3 Å². The Hall–Kier alpha value is -2.70. The Morgan fingerprint density at radius 2 is 2.15 bits per heavy atom. The summed E-state index contributed by atoms with van der Waals surface area (Å²) >= 11 is 0. The molecule has 0 aliphatic rings. The van der Waals surface area contributed by atoms with Gasteiger partial charge in [-0.15, -0.1) is 0 Å². The lowest BCUT2D eigenvalue weighted by atomic mass is 10.1. The van der Waals surface area contributed by atoms with Crippen LogP contribution >= 0.6 is 0 Å². The standard InChI is InChI=1S/C13H13FN4O2/c1-20-12-6-7-15-13(16-12)18-17-11(19)8-9-4-2-3-5-10(9)14/h2-7H,8H2,1H3,(H,17,19)(H,15,16,18). The highest BCUT2D eigenvalue weighted by atomic mass is 19.1. The fourth-order valence-electron chi connectivity index (χ4n) is 1.50. The molecule has 0 spiro atoms. The van der Waals surface area contributed by atoms with E-state index in [9.17, 15) is 9.18 Å². The molecule has 1 heterocycles. The second-order valence-electron chi connectivity index (χ2n) is 3.86. The summed E-state index contributed by atoms with van der Waals surface area (Å²) in [6, 6.07) is 7.67. The summed E-state index contributed by atoms with van der Waals surface area (Å²) in [7, 11) is 1.48. The molecule has 2 rings (SSSR count). The molecular weight excluding hydrogens is 263 g/mol. The van der Waals surface area contributed by atoms with Gasteiger partial charge in [0.25, 0.3) is 0 Å². The first kappa shape index (κ1) is 13.7. The van der Waals surface area contributed by atoms with Crippen molar-refractivity contribution in [2.75, 3.05) is 12.5 Å². The van der Waals surface area contributed by atoms with E-state index in [-0.39, 0.29) is 12.4 Å². The Balaban J connectivity index is 1.90. The summed E-state index contributed by atoms with van der Waals surface area (Å²) < 4.78 is 18.3. The predicted octanol–water partition coefficient (Wildman–Crippen LogP) is 1.31. The van der Waals surface area contributed by atoms with Gasteiger partial charge in [0.05, 0.1) is 13.5 Å². The van der Waals surface area contributed by atoms with Gasteiger partial charge in [0.2, 0.25) is 17.7 Å². The van der Waals surface area contributed by atoms with Gasteiger partial charge in [0, 0.05) is 12.3 Å². The Kier molecular flexibility index (Phi) is 4.43. The molecule has 0 bridgehead atoms. The number of nitrogens with one attached hydrogen (secondary N) is 2. The van der Waals surface area contributed by atoms with Gasteiger partial charge < -0.3 is 4.74 Å². The van der Waals surface area contributed by atoms with Crippen molar-refractivity contribution in [1.29, 1.82) is 0 Å². The lowest BCUT2D eigenvalue weighted by Gasteiger charge is -2.08. The zero-order valence-electron chi connectivity index (χ0n) is 10.8. The number of halogens is 1. The van der Waals surface area contributed by atoms with Gasteiger partial charge in [-0.3, -0.25) is 15.6 Å². The van der Waals surface area contributed by atoms with Crippen LogP contribution in [0.25, 0.3) is 0 Å². The van der Waals surface area contributed by atoms with Gasteiger partial charge in [0.15, 0.2) is 0 Å². The molecule has 0 aliphatic carbocycles. The minimum atomic E-state index is -0.416. The maximum absolute atomic E-state index is 13.4. The highest BCUT2D eigenvalue weighted by Gasteiger charge is 2.07. The first-order valence-electron chi connectivity index (χ1n) is 5.84. The number of hydrogen-bond acceptors (Lipinski definition) is 5. The fraction of sp³-hybridized carbons (Fsp3) is 0.154. The normalized spacial score (nSPS) is 9.90. The van der Waals surface area contributed by atoms with Crippen LogP contribution in [0, 0.1) is 5.82 Å².